The molecule has 5 aromatic rings. The molecule has 0 unspecified atom stereocenters. The molecule has 0 amide bonds. The van der Waals surface area contributed by atoms with Gasteiger partial charge in [-0.25, -0.2) is 19.0 Å². The highest BCUT2D eigenvalue weighted by molar-refractivity contribution is 5.70. The number of benzene rings is 2. The van der Waals surface area contributed by atoms with Gasteiger partial charge in [0.1, 0.15) is 29.9 Å². The van der Waals surface area contributed by atoms with Crippen LogP contribution in [0.15, 0.2) is 59.6 Å². The van der Waals surface area contributed by atoms with Crippen molar-refractivity contribution in [3.63, 3.8) is 0 Å². The summed E-state index contributed by atoms with van der Waals surface area (Å²) >= 11 is 0. The maximum absolute atomic E-state index is 14.0. The SMILES string of the molecule is COc1ccccc1Cc1nc(-c2ncn3c2Cn2ncnc2-c2cc(F)ccc2-3)no1. The number of hydrogen-bond donors (Lipinski definition) is 0. The first kappa shape index (κ1) is 18.4. The van der Waals surface area contributed by atoms with Crippen molar-refractivity contribution in [2.24, 2.45) is 0 Å². The molecule has 0 saturated heterocycles. The maximum atomic E-state index is 14.0. The molecule has 0 radical (unpaired) electrons. The first-order valence-electron chi connectivity index (χ1n) is 9.90. The summed E-state index contributed by atoms with van der Waals surface area (Å²) in [6, 6.07) is 12.2. The van der Waals surface area contributed by atoms with Crippen molar-refractivity contribution in [2.75, 3.05) is 7.11 Å². The molecule has 0 spiro atoms. The van der Waals surface area contributed by atoms with Crippen LogP contribution in [-0.2, 0) is 13.0 Å². The van der Waals surface area contributed by atoms with Gasteiger partial charge in [-0.15, -0.1) is 0 Å². The predicted molar refractivity (Wildman–Crippen MR) is 111 cm³/mol. The summed E-state index contributed by atoms with van der Waals surface area (Å²) in [5.41, 5.74) is 3.70. The van der Waals surface area contributed by atoms with Gasteiger partial charge < -0.3 is 9.26 Å². The first-order chi connectivity index (χ1) is 15.7. The van der Waals surface area contributed by atoms with Crippen LogP contribution >= 0.6 is 0 Å². The Hall–Kier alpha value is -4.34. The zero-order valence-electron chi connectivity index (χ0n) is 16.9. The van der Waals surface area contributed by atoms with Gasteiger partial charge in [0.2, 0.25) is 11.7 Å². The first-order valence-corrected chi connectivity index (χ1v) is 9.90. The number of para-hydroxylation sites is 1. The highest BCUT2D eigenvalue weighted by Gasteiger charge is 2.26. The number of imidazole rings is 1. The third-order valence-corrected chi connectivity index (χ3v) is 5.45. The Labute approximate surface area is 181 Å². The van der Waals surface area contributed by atoms with E-state index in [1.54, 1.807) is 24.2 Å². The van der Waals surface area contributed by atoms with E-state index in [-0.39, 0.29) is 5.82 Å². The maximum Gasteiger partial charge on any atom is 0.231 e. The topological polar surface area (TPSA) is 96.7 Å². The fraction of sp³-hybridized carbons (Fsp3) is 0.136. The quantitative estimate of drug-likeness (QED) is 0.424. The molecule has 1 aliphatic rings. The van der Waals surface area contributed by atoms with E-state index in [0.717, 1.165) is 22.7 Å². The fourth-order valence-corrected chi connectivity index (χ4v) is 3.98. The molecule has 1 aliphatic heterocycles. The van der Waals surface area contributed by atoms with Crippen LogP contribution in [0.5, 0.6) is 5.75 Å². The van der Waals surface area contributed by atoms with Crippen LogP contribution in [0.25, 0.3) is 28.6 Å². The van der Waals surface area contributed by atoms with Gasteiger partial charge in [0.25, 0.3) is 0 Å². The van der Waals surface area contributed by atoms with Gasteiger partial charge in [-0.1, -0.05) is 23.4 Å². The van der Waals surface area contributed by atoms with Crippen molar-refractivity contribution in [2.45, 2.75) is 13.0 Å². The second-order valence-electron chi connectivity index (χ2n) is 7.31. The number of methoxy groups -OCH3 is 1. The molecular formula is C22H16FN7O2. The van der Waals surface area contributed by atoms with Gasteiger partial charge in [0.15, 0.2) is 5.82 Å². The fourth-order valence-electron chi connectivity index (χ4n) is 3.98. The van der Waals surface area contributed by atoms with Crippen LogP contribution in [0.3, 0.4) is 0 Å². The van der Waals surface area contributed by atoms with E-state index >= 15 is 0 Å². The van der Waals surface area contributed by atoms with Gasteiger partial charge in [0.05, 0.1) is 31.5 Å². The lowest BCUT2D eigenvalue weighted by Crippen LogP contribution is -2.06. The minimum Gasteiger partial charge on any atom is -0.496 e. The zero-order chi connectivity index (χ0) is 21.7. The number of ether oxygens (including phenoxy) is 1. The minimum absolute atomic E-state index is 0.346. The molecule has 0 aliphatic carbocycles. The molecule has 0 bridgehead atoms. The van der Waals surface area contributed by atoms with Crippen LogP contribution in [0.4, 0.5) is 4.39 Å². The molecule has 3 aromatic heterocycles. The monoisotopic (exact) mass is 429 g/mol. The second-order valence-corrected chi connectivity index (χ2v) is 7.31. The Morgan fingerprint density at radius 1 is 1.16 bits per heavy atom. The number of nitrogens with zero attached hydrogens (tertiary/aromatic N) is 7. The molecule has 10 heteroatoms. The number of halogens is 1. The Balaban J connectivity index is 1.42. The lowest BCUT2D eigenvalue weighted by Gasteiger charge is -2.08. The van der Waals surface area contributed by atoms with Crippen molar-refractivity contribution in [3.05, 3.63) is 78.1 Å². The third kappa shape index (κ3) is 2.88. The number of rotatable bonds is 4. The van der Waals surface area contributed by atoms with E-state index in [4.69, 9.17) is 9.26 Å². The van der Waals surface area contributed by atoms with E-state index in [9.17, 15) is 4.39 Å². The number of fused-ring (bicyclic) bond motifs is 5. The van der Waals surface area contributed by atoms with Gasteiger partial charge in [-0.3, -0.25) is 4.57 Å². The van der Waals surface area contributed by atoms with E-state index in [1.807, 2.05) is 28.8 Å². The lowest BCUT2D eigenvalue weighted by molar-refractivity contribution is 0.379. The van der Waals surface area contributed by atoms with Crippen LogP contribution in [0.2, 0.25) is 0 Å². The highest BCUT2D eigenvalue weighted by Crippen LogP contribution is 2.33. The summed E-state index contributed by atoms with van der Waals surface area (Å²) in [4.78, 5) is 13.4. The third-order valence-electron chi connectivity index (χ3n) is 5.45. The summed E-state index contributed by atoms with van der Waals surface area (Å²) < 4.78 is 28.5. The summed E-state index contributed by atoms with van der Waals surface area (Å²) in [5.74, 6) is 1.81. The van der Waals surface area contributed by atoms with Crippen LogP contribution in [-0.4, -0.2) is 41.6 Å². The largest absolute Gasteiger partial charge is 0.496 e. The Bertz CT molecular complexity index is 1450. The highest BCUT2D eigenvalue weighted by atomic mass is 19.1. The van der Waals surface area contributed by atoms with Crippen LogP contribution < -0.4 is 4.74 Å². The minimum atomic E-state index is -0.346. The van der Waals surface area contributed by atoms with Crippen molar-refractivity contribution >= 4 is 0 Å². The van der Waals surface area contributed by atoms with Gasteiger partial charge in [-0.2, -0.15) is 10.1 Å². The standard InChI is InChI=1S/C22H16FN7O2/c1-31-18-5-3-2-4-13(18)8-19-27-21(28-32-19)20-17-10-30-22(24-11-26-30)15-9-14(23)6-7-16(15)29(17)12-25-20/h2-7,9,11-12H,8,10H2,1H3. The molecular weight excluding hydrogens is 413 g/mol. The summed E-state index contributed by atoms with van der Waals surface area (Å²) in [5, 5.41) is 8.46. The molecule has 0 fully saturated rings. The van der Waals surface area contributed by atoms with E-state index in [0.29, 0.717) is 41.8 Å². The second kappa shape index (κ2) is 7.12. The van der Waals surface area contributed by atoms with Crippen LogP contribution in [0, 0.1) is 5.82 Å². The van der Waals surface area contributed by atoms with Gasteiger partial charge in [0, 0.05) is 11.1 Å². The van der Waals surface area contributed by atoms with E-state index in [2.05, 4.69) is 25.2 Å². The number of hydrogen-bond acceptors (Lipinski definition) is 7. The van der Waals surface area contributed by atoms with E-state index < -0.39 is 0 Å². The summed E-state index contributed by atoms with van der Waals surface area (Å²) in [6.45, 7) is 0.372. The Kier molecular flexibility index (Phi) is 4.10. The average Bonchev–Trinajstić information content (AvgIpc) is 3.53. The van der Waals surface area contributed by atoms with Crippen molar-refractivity contribution in [3.8, 4) is 34.3 Å². The Morgan fingerprint density at radius 3 is 2.97 bits per heavy atom. The molecule has 0 atom stereocenters. The van der Waals surface area contributed by atoms with Crippen molar-refractivity contribution in [1.82, 2.24) is 34.5 Å². The van der Waals surface area contributed by atoms with Gasteiger partial charge in [-0.05, 0) is 24.3 Å². The molecule has 6 rings (SSSR count). The normalized spacial score (nSPS) is 12.1. The summed E-state index contributed by atoms with van der Waals surface area (Å²) in [7, 11) is 1.63. The van der Waals surface area contributed by atoms with Gasteiger partial charge >= 0.3 is 0 Å². The average molecular weight is 429 g/mol. The van der Waals surface area contributed by atoms with Crippen molar-refractivity contribution < 1.29 is 13.7 Å². The molecule has 0 N–H and O–H groups in total. The molecule has 0 saturated carbocycles. The zero-order valence-corrected chi connectivity index (χ0v) is 16.9. The van der Waals surface area contributed by atoms with Crippen molar-refractivity contribution in [1.29, 1.82) is 0 Å². The lowest BCUT2D eigenvalue weighted by atomic mass is 10.1. The molecule has 158 valence electrons. The van der Waals surface area contributed by atoms with Crippen LogP contribution in [0.1, 0.15) is 17.1 Å². The summed E-state index contributed by atoms with van der Waals surface area (Å²) in [6.07, 6.45) is 3.56. The Morgan fingerprint density at radius 2 is 2.06 bits per heavy atom. The van der Waals surface area contributed by atoms with E-state index in [1.165, 1.54) is 18.5 Å². The predicted octanol–water partition coefficient (Wildman–Crippen LogP) is 3.28. The molecule has 32 heavy (non-hydrogen) atoms. The smallest absolute Gasteiger partial charge is 0.231 e. The molecule has 4 heterocycles. The molecule has 9 nitrogen and oxygen atoms in total. The number of aromatic nitrogens is 7. The molecule has 2 aromatic carbocycles.